The Balaban J connectivity index is 1.82. The van der Waals surface area contributed by atoms with Gasteiger partial charge in [0.25, 0.3) is 11.8 Å². The van der Waals surface area contributed by atoms with Gasteiger partial charge in [-0.05, 0) is 36.5 Å². The predicted molar refractivity (Wildman–Crippen MR) is 135 cm³/mol. The molecule has 1 atom stereocenters. The van der Waals surface area contributed by atoms with Crippen molar-refractivity contribution in [3.63, 3.8) is 0 Å². The molecule has 0 saturated carbocycles. The first-order valence-corrected chi connectivity index (χ1v) is 11.4. The third-order valence-electron chi connectivity index (χ3n) is 4.75. The number of benzene rings is 2. The molecule has 0 saturated heterocycles. The number of thiocarbonyl (C=S) groups is 1. The van der Waals surface area contributed by atoms with E-state index in [2.05, 4.69) is 16.0 Å². The van der Waals surface area contributed by atoms with Crippen molar-refractivity contribution in [1.82, 2.24) is 10.6 Å². The van der Waals surface area contributed by atoms with E-state index < -0.39 is 27.2 Å². The lowest BCUT2D eigenvalue weighted by Gasteiger charge is -2.30. The Labute approximate surface area is 211 Å². The third-order valence-corrected chi connectivity index (χ3v) is 5.62. The van der Waals surface area contributed by atoms with Gasteiger partial charge in [0.05, 0.1) is 22.5 Å². The summed E-state index contributed by atoms with van der Waals surface area (Å²) in [5.74, 6) is -1.25. The van der Waals surface area contributed by atoms with Crippen molar-refractivity contribution in [3.8, 4) is 0 Å². The van der Waals surface area contributed by atoms with E-state index in [0.29, 0.717) is 22.5 Å². The molecule has 3 amide bonds. The average Bonchev–Trinajstić information content (AvgIpc) is 2.97. The van der Waals surface area contributed by atoms with E-state index in [1.165, 1.54) is 0 Å². The van der Waals surface area contributed by atoms with Gasteiger partial charge in [0, 0.05) is 5.41 Å². The molecule has 1 unspecified atom stereocenters. The smallest absolute Gasteiger partial charge is 0.266 e. The molecular weight excluding hydrogens is 507 g/mol. The highest BCUT2D eigenvalue weighted by molar-refractivity contribution is 7.80. The highest BCUT2D eigenvalue weighted by Gasteiger charge is 2.39. The standard InChI is InChI=1S/C22H21Cl3N4O3S/c1-21(2,3)19(32)27-18(22(23,24)25)28-20(33)26-14-10-6-7-11-15(14)29-16(30)12-8-4-5-9-13(12)17(29)31/h4-11,18H,1-3H3,(H,27,32)(H2,26,28,33). The Hall–Kier alpha value is -2.39. The number of rotatable bonds is 4. The number of nitrogens with zero attached hydrogens (tertiary/aromatic N) is 1. The summed E-state index contributed by atoms with van der Waals surface area (Å²) in [5, 5.41) is 8.31. The van der Waals surface area contributed by atoms with Crippen LogP contribution in [0.5, 0.6) is 0 Å². The zero-order valence-corrected chi connectivity index (χ0v) is 21.0. The van der Waals surface area contributed by atoms with E-state index in [1.54, 1.807) is 69.3 Å². The maximum Gasteiger partial charge on any atom is 0.266 e. The summed E-state index contributed by atoms with van der Waals surface area (Å²) in [6.07, 6.45) is -1.15. The highest BCUT2D eigenvalue weighted by atomic mass is 35.6. The van der Waals surface area contributed by atoms with Gasteiger partial charge in [-0.2, -0.15) is 0 Å². The molecule has 2 aromatic rings. The number of alkyl halides is 3. The van der Waals surface area contributed by atoms with Crippen LogP contribution in [0, 0.1) is 5.41 Å². The van der Waals surface area contributed by atoms with Crippen molar-refractivity contribution in [1.29, 1.82) is 0 Å². The first-order valence-electron chi connectivity index (χ1n) is 9.82. The molecule has 0 radical (unpaired) electrons. The van der Waals surface area contributed by atoms with Crippen LogP contribution in [0.25, 0.3) is 0 Å². The van der Waals surface area contributed by atoms with Gasteiger partial charge in [-0.15, -0.1) is 0 Å². The van der Waals surface area contributed by atoms with Crippen LogP contribution in [-0.4, -0.2) is 32.8 Å². The molecule has 0 fully saturated rings. The molecule has 0 bridgehead atoms. The molecular formula is C22H21Cl3N4O3S. The quantitative estimate of drug-likeness (QED) is 0.232. The van der Waals surface area contributed by atoms with Gasteiger partial charge in [0.15, 0.2) is 5.11 Å². The first kappa shape index (κ1) is 25.2. The van der Waals surface area contributed by atoms with Crippen molar-refractivity contribution < 1.29 is 14.4 Å². The molecule has 7 nitrogen and oxygen atoms in total. The van der Waals surface area contributed by atoms with Crippen molar-refractivity contribution in [2.24, 2.45) is 5.41 Å². The second kappa shape index (κ2) is 9.46. The molecule has 174 valence electrons. The van der Waals surface area contributed by atoms with Crippen LogP contribution in [0.2, 0.25) is 0 Å². The van der Waals surface area contributed by atoms with E-state index in [1.807, 2.05) is 0 Å². The van der Waals surface area contributed by atoms with E-state index in [0.717, 1.165) is 4.90 Å². The second-order valence-corrected chi connectivity index (χ2v) is 11.1. The first-order chi connectivity index (χ1) is 15.3. The minimum Gasteiger partial charge on any atom is -0.339 e. The summed E-state index contributed by atoms with van der Waals surface area (Å²) in [7, 11) is 0. The zero-order valence-electron chi connectivity index (χ0n) is 17.9. The van der Waals surface area contributed by atoms with Crippen molar-refractivity contribution in [2.75, 3.05) is 10.2 Å². The summed E-state index contributed by atoms with van der Waals surface area (Å²) in [4.78, 5) is 39.3. The Kier molecular flexibility index (Phi) is 7.24. The molecule has 0 aliphatic carbocycles. The molecule has 1 aliphatic rings. The Morgan fingerprint density at radius 1 is 0.909 bits per heavy atom. The van der Waals surface area contributed by atoms with Gasteiger partial charge < -0.3 is 16.0 Å². The van der Waals surface area contributed by atoms with E-state index in [9.17, 15) is 14.4 Å². The third kappa shape index (κ3) is 5.58. The largest absolute Gasteiger partial charge is 0.339 e. The molecule has 11 heteroatoms. The van der Waals surface area contributed by atoms with Crippen molar-refractivity contribution in [3.05, 3.63) is 59.7 Å². The average molecular weight is 528 g/mol. The minimum atomic E-state index is -1.92. The molecule has 33 heavy (non-hydrogen) atoms. The molecule has 0 spiro atoms. The molecule has 2 aromatic carbocycles. The summed E-state index contributed by atoms with van der Waals surface area (Å²) < 4.78 is -1.92. The maximum atomic E-state index is 12.9. The van der Waals surface area contributed by atoms with Gasteiger partial charge in [-0.3, -0.25) is 14.4 Å². The van der Waals surface area contributed by atoms with E-state index >= 15 is 0 Å². The fourth-order valence-electron chi connectivity index (χ4n) is 3.02. The number of hydrogen-bond acceptors (Lipinski definition) is 4. The number of carbonyl (C=O) groups excluding carboxylic acids is 3. The van der Waals surface area contributed by atoms with Gasteiger partial charge >= 0.3 is 0 Å². The number of imide groups is 1. The summed E-state index contributed by atoms with van der Waals surface area (Å²) >= 11 is 23.5. The van der Waals surface area contributed by atoms with Crippen LogP contribution < -0.4 is 20.9 Å². The summed E-state index contributed by atoms with van der Waals surface area (Å²) in [5.41, 5.74) is 0.577. The lowest BCUT2D eigenvalue weighted by atomic mass is 9.95. The Bertz CT molecular complexity index is 1090. The minimum absolute atomic E-state index is 0.00425. The molecule has 1 heterocycles. The molecule has 1 aliphatic heterocycles. The van der Waals surface area contributed by atoms with Crippen molar-refractivity contribution in [2.45, 2.75) is 30.7 Å². The van der Waals surface area contributed by atoms with Crippen LogP contribution in [0.1, 0.15) is 41.5 Å². The SMILES string of the molecule is CC(C)(C)C(=O)NC(NC(=S)Nc1ccccc1N1C(=O)c2ccccc2C1=O)C(Cl)(Cl)Cl. The Morgan fingerprint density at radius 2 is 1.42 bits per heavy atom. The number of para-hydroxylation sites is 2. The lowest BCUT2D eigenvalue weighted by molar-refractivity contribution is -0.129. The fraction of sp³-hybridized carbons (Fsp3) is 0.273. The van der Waals surface area contributed by atoms with Crippen LogP contribution in [0.3, 0.4) is 0 Å². The molecule has 3 rings (SSSR count). The summed E-state index contributed by atoms with van der Waals surface area (Å²) in [6.45, 7) is 5.14. The monoisotopic (exact) mass is 526 g/mol. The van der Waals surface area contributed by atoms with Gasteiger partial charge in [-0.1, -0.05) is 79.8 Å². The van der Waals surface area contributed by atoms with Crippen LogP contribution in [0.4, 0.5) is 11.4 Å². The fourth-order valence-corrected chi connectivity index (χ4v) is 3.57. The highest BCUT2D eigenvalue weighted by Crippen LogP contribution is 2.34. The molecule has 3 N–H and O–H groups in total. The maximum absolute atomic E-state index is 12.9. The normalized spacial score (nSPS) is 14.5. The number of amides is 3. The van der Waals surface area contributed by atoms with E-state index in [4.69, 9.17) is 47.0 Å². The topological polar surface area (TPSA) is 90.5 Å². The molecule has 0 aromatic heterocycles. The number of hydrogen-bond donors (Lipinski definition) is 3. The Morgan fingerprint density at radius 3 is 1.94 bits per heavy atom. The van der Waals surface area contributed by atoms with Crippen LogP contribution >= 0.6 is 47.0 Å². The van der Waals surface area contributed by atoms with Crippen LogP contribution in [-0.2, 0) is 4.79 Å². The zero-order chi connectivity index (χ0) is 24.6. The second-order valence-electron chi connectivity index (χ2n) is 8.30. The number of nitrogens with one attached hydrogen (secondary N) is 3. The van der Waals surface area contributed by atoms with E-state index in [-0.39, 0.29) is 11.0 Å². The van der Waals surface area contributed by atoms with Gasteiger partial charge in [0.1, 0.15) is 6.17 Å². The predicted octanol–water partition coefficient (Wildman–Crippen LogP) is 4.63. The van der Waals surface area contributed by atoms with Gasteiger partial charge in [-0.25, -0.2) is 4.90 Å². The van der Waals surface area contributed by atoms with Gasteiger partial charge in [0.2, 0.25) is 9.70 Å². The number of anilines is 2. The van der Waals surface area contributed by atoms with Crippen molar-refractivity contribution >= 4 is 81.2 Å². The summed E-state index contributed by atoms with van der Waals surface area (Å²) in [6, 6.07) is 13.2. The number of fused-ring (bicyclic) bond motifs is 1. The number of carbonyl (C=O) groups is 3. The number of halogens is 3. The lowest BCUT2D eigenvalue weighted by Crippen LogP contribution is -2.58. The van der Waals surface area contributed by atoms with Crippen LogP contribution in [0.15, 0.2) is 48.5 Å².